The van der Waals surface area contributed by atoms with Crippen molar-refractivity contribution in [2.45, 2.75) is 37.4 Å². The van der Waals surface area contributed by atoms with Crippen molar-refractivity contribution in [1.29, 1.82) is 5.26 Å². The third kappa shape index (κ3) is 4.36. The lowest BCUT2D eigenvalue weighted by molar-refractivity contribution is 0.318. The normalized spacial score (nSPS) is 17.0. The molecule has 0 saturated heterocycles. The number of hydrogen-bond donors (Lipinski definition) is 0. The van der Waals surface area contributed by atoms with Gasteiger partial charge in [0, 0.05) is 21.8 Å². The van der Waals surface area contributed by atoms with Gasteiger partial charge in [-0.25, -0.2) is 0 Å². The maximum absolute atomic E-state index is 12.0. The predicted molar refractivity (Wildman–Crippen MR) is 76.5 cm³/mol. The molecule has 0 spiro atoms. The molecule has 0 amide bonds. The van der Waals surface area contributed by atoms with Gasteiger partial charge in [0.15, 0.2) is 0 Å². The summed E-state index contributed by atoms with van der Waals surface area (Å²) >= 11 is 0. The van der Waals surface area contributed by atoms with E-state index in [1.165, 1.54) is 12.8 Å². The van der Waals surface area contributed by atoms with Gasteiger partial charge < -0.3 is 4.74 Å². The van der Waals surface area contributed by atoms with Gasteiger partial charge in [-0.1, -0.05) is 12.8 Å². The smallest absolute Gasteiger partial charge is 0.119 e. The van der Waals surface area contributed by atoms with Crippen LogP contribution in [0.5, 0.6) is 5.75 Å². The maximum Gasteiger partial charge on any atom is 0.119 e. The molecule has 3 nitrogen and oxygen atoms in total. The molecular formula is C15H19NO2S. The monoisotopic (exact) mass is 277 g/mol. The molecular weight excluding hydrogens is 258 g/mol. The minimum Gasteiger partial charge on any atom is -0.494 e. The van der Waals surface area contributed by atoms with Crippen LogP contribution in [0.25, 0.3) is 0 Å². The van der Waals surface area contributed by atoms with E-state index in [2.05, 4.69) is 6.07 Å². The summed E-state index contributed by atoms with van der Waals surface area (Å²) < 4.78 is 17.5. The largest absolute Gasteiger partial charge is 0.494 e. The van der Waals surface area contributed by atoms with Crippen LogP contribution >= 0.6 is 0 Å². The number of ether oxygens (including phenoxy) is 1. The van der Waals surface area contributed by atoms with Gasteiger partial charge in [0.25, 0.3) is 0 Å². The fraction of sp³-hybridized carbons (Fsp3) is 0.533. The first kappa shape index (κ1) is 14.1. The van der Waals surface area contributed by atoms with Crippen LogP contribution in [0.4, 0.5) is 0 Å². The van der Waals surface area contributed by atoms with Crippen molar-refractivity contribution in [2.75, 3.05) is 12.4 Å². The Bertz CT molecular complexity index is 458. The van der Waals surface area contributed by atoms with Crippen LogP contribution in [0, 0.1) is 11.3 Å². The van der Waals surface area contributed by atoms with Crippen molar-refractivity contribution in [3.05, 3.63) is 29.8 Å². The van der Waals surface area contributed by atoms with E-state index >= 15 is 0 Å². The second-order valence-electron chi connectivity index (χ2n) is 4.83. The van der Waals surface area contributed by atoms with Crippen LogP contribution in [0.1, 0.15) is 37.7 Å². The van der Waals surface area contributed by atoms with Crippen molar-refractivity contribution in [2.24, 2.45) is 0 Å². The Labute approximate surface area is 117 Å². The molecule has 1 unspecified atom stereocenters. The molecule has 102 valence electrons. The van der Waals surface area contributed by atoms with E-state index in [1.54, 1.807) is 24.3 Å². The maximum atomic E-state index is 12.0. The summed E-state index contributed by atoms with van der Waals surface area (Å²) in [5, 5.41) is 9.11. The summed E-state index contributed by atoms with van der Waals surface area (Å²) in [7, 11) is -0.681. The Kier molecular flexibility index (Phi) is 5.41. The zero-order chi connectivity index (χ0) is 13.5. The topological polar surface area (TPSA) is 50.1 Å². The van der Waals surface area contributed by atoms with Crippen LogP contribution in [0.15, 0.2) is 24.3 Å². The Balaban J connectivity index is 1.66. The summed E-state index contributed by atoms with van der Waals surface area (Å²) in [6, 6.07) is 9.15. The lowest BCUT2D eigenvalue weighted by atomic mass is 10.2. The SMILES string of the molecule is N#Cc1ccc(OCCCS(=O)C2CCCC2)cc1. The molecule has 1 fully saturated rings. The minimum atomic E-state index is -0.681. The molecule has 1 aliphatic rings. The van der Waals surface area contributed by atoms with Gasteiger partial charge in [-0.15, -0.1) is 0 Å². The van der Waals surface area contributed by atoms with E-state index in [1.807, 2.05) is 0 Å². The van der Waals surface area contributed by atoms with Gasteiger partial charge in [0.1, 0.15) is 5.75 Å². The van der Waals surface area contributed by atoms with Gasteiger partial charge in [-0.2, -0.15) is 5.26 Å². The minimum absolute atomic E-state index is 0.426. The van der Waals surface area contributed by atoms with Crippen molar-refractivity contribution in [3.63, 3.8) is 0 Å². The molecule has 1 aliphatic carbocycles. The summed E-state index contributed by atoms with van der Waals surface area (Å²) in [5.74, 6) is 1.51. The fourth-order valence-corrected chi connectivity index (χ4v) is 3.93. The molecule has 1 aromatic rings. The molecule has 0 aliphatic heterocycles. The van der Waals surface area contributed by atoms with E-state index in [9.17, 15) is 4.21 Å². The van der Waals surface area contributed by atoms with E-state index in [4.69, 9.17) is 10.00 Å². The molecule has 19 heavy (non-hydrogen) atoms. The molecule has 1 aromatic carbocycles. The molecule has 0 heterocycles. The van der Waals surface area contributed by atoms with Gasteiger partial charge in [0.05, 0.1) is 18.2 Å². The first-order valence-corrected chi connectivity index (χ1v) is 8.18. The Morgan fingerprint density at radius 1 is 1.26 bits per heavy atom. The van der Waals surface area contributed by atoms with Gasteiger partial charge in [-0.05, 0) is 43.5 Å². The molecule has 1 atom stereocenters. The molecule has 0 N–H and O–H groups in total. The highest BCUT2D eigenvalue weighted by atomic mass is 32.2. The second kappa shape index (κ2) is 7.30. The molecule has 0 radical (unpaired) electrons. The van der Waals surface area contributed by atoms with Crippen LogP contribution in [0.2, 0.25) is 0 Å². The first-order chi connectivity index (χ1) is 9.29. The van der Waals surface area contributed by atoms with Crippen molar-refractivity contribution in [1.82, 2.24) is 0 Å². The van der Waals surface area contributed by atoms with Crippen molar-refractivity contribution in [3.8, 4) is 11.8 Å². The Hall–Kier alpha value is -1.34. The van der Waals surface area contributed by atoms with Gasteiger partial charge >= 0.3 is 0 Å². The molecule has 1 saturated carbocycles. The third-order valence-corrected chi connectivity index (χ3v) is 5.32. The average molecular weight is 277 g/mol. The summed E-state index contributed by atoms with van der Waals surface area (Å²) in [4.78, 5) is 0. The van der Waals surface area contributed by atoms with Gasteiger partial charge in [0.2, 0.25) is 0 Å². The Morgan fingerprint density at radius 3 is 2.58 bits per heavy atom. The highest BCUT2D eigenvalue weighted by molar-refractivity contribution is 7.85. The number of rotatable bonds is 6. The molecule has 0 bridgehead atoms. The van der Waals surface area contributed by atoms with E-state index < -0.39 is 10.8 Å². The Morgan fingerprint density at radius 2 is 1.95 bits per heavy atom. The molecule has 0 aromatic heterocycles. The zero-order valence-corrected chi connectivity index (χ0v) is 11.8. The predicted octanol–water partition coefficient (Wildman–Crippen LogP) is 3.02. The van der Waals surface area contributed by atoms with Gasteiger partial charge in [-0.3, -0.25) is 4.21 Å². The summed E-state index contributed by atoms with van der Waals surface area (Å²) in [5.41, 5.74) is 0.634. The quantitative estimate of drug-likeness (QED) is 0.751. The fourth-order valence-electron chi connectivity index (χ4n) is 2.33. The van der Waals surface area contributed by atoms with E-state index in [0.29, 0.717) is 17.4 Å². The van der Waals surface area contributed by atoms with E-state index in [0.717, 1.165) is 30.8 Å². The summed E-state index contributed by atoms with van der Waals surface area (Å²) in [6.07, 6.45) is 5.55. The van der Waals surface area contributed by atoms with Crippen LogP contribution in [-0.2, 0) is 10.8 Å². The lowest BCUT2D eigenvalue weighted by Crippen LogP contribution is -2.15. The second-order valence-corrected chi connectivity index (χ2v) is 6.67. The van der Waals surface area contributed by atoms with Crippen LogP contribution in [-0.4, -0.2) is 21.8 Å². The number of nitriles is 1. The van der Waals surface area contributed by atoms with Crippen molar-refractivity contribution < 1.29 is 8.95 Å². The van der Waals surface area contributed by atoms with Crippen LogP contribution in [0.3, 0.4) is 0 Å². The molecule has 4 heteroatoms. The standard InChI is InChI=1S/C15H19NO2S/c16-12-13-6-8-14(9-7-13)18-10-3-11-19(17)15-4-1-2-5-15/h6-9,15H,1-5,10-11H2. The summed E-state index contributed by atoms with van der Waals surface area (Å²) in [6.45, 7) is 0.588. The highest BCUT2D eigenvalue weighted by Gasteiger charge is 2.20. The third-order valence-electron chi connectivity index (χ3n) is 3.42. The van der Waals surface area contributed by atoms with Crippen LogP contribution < -0.4 is 4.74 Å². The van der Waals surface area contributed by atoms with Crippen molar-refractivity contribution >= 4 is 10.8 Å². The molecule has 2 rings (SSSR count). The zero-order valence-electron chi connectivity index (χ0n) is 11.0. The first-order valence-electron chi connectivity index (χ1n) is 6.80. The number of benzene rings is 1. The van der Waals surface area contributed by atoms with E-state index in [-0.39, 0.29) is 0 Å². The number of hydrogen-bond acceptors (Lipinski definition) is 3. The lowest BCUT2D eigenvalue weighted by Gasteiger charge is -2.09. The average Bonchev–Trinajstić information content (AvgIpc) is 2.98. The number of nitrogens with zero attached hydrogens (tertiary/aromatic N) is 1. The highest BCUT2D eigenvalue weighted by Crippen LogP contribution is 2.23.